The third kappa shape index (κ3) is 7.11. The smallest absolute Gasteiger partial charge is 0.396 e. The van der Waals surface area contributed by atoms with E-state index in [4.69, 9.17) is 10.2 Å². The average Bonchev–Trinajstić information content (AvgIpc) is 2.93. The van der Waals surface area contributed by atoms with Gasteiger partial charge >= 0.3 is 77.2 Å². The second-order valence-electron chi connectivity index (χ2n) is 10.5. The minimum absolute atomic E-state index is 0.458. The van der Waals surface area contributed by atoms with Crippen molar-refractivity contribution in [3.8, 4) is 0 Å². The Morgan fingerprint density at radius 2 is 0.635 bits per heavy atom. The fourth-order valence-electron chi connectivity index (χ4n) is 3.80. The van der Waals surface area contributed by atoms with E-state index in [2.05, 4.69) is 0 Å². The van der Waals surface area contributed by atoms with E-state index >= 15 is 0 Å². The lowest BCUT2D eigenvalue weighted by molar-refractivity contribution is -0.487. The molecule has 314 valence electrons. The molecule has 1 atom stereocenters. The van der Waals surface area contributed by atoms with Gasteiger partial charge in [0.05, 0.1) is 6.10 Å². The molecule has 52 heavy (non-hydrogen) atoms. The molecule has 0 saturated carbocycles. The van der Waals surface area contributed by atoms with E-state index in [9.17, 15) is 124 Å². The van der Waals surface area contributed by atoms with Crippen molar-refractivity contribution >= 4 is 0 Å². The lowest BCUT2D eigenvalue weighted by Gasteiger charge is -2.46. The number of nitrogens with one attached hydrogen (secondary N) is 1. The summed E-state index contributed by atoms with van der Waals surface area (Å²) in [7, 11) is 0. The number of hydrogen-bond donors (Lipinski definition) is 4. The quantitative estimate of drug-likeness (QED) is 0.101. The van der Waals surface area contributed by atoms with Crippen molar-refractivity contribution in [3.05, 3.63) is 0 Å². The normalized spacial score (nSPS) is 16.9. The summed E-state index contributed by atoms with van der Waals surface area (Å²) in [6, 6.07) is -1.25. The van der Waals surface area contributed by atoms with Crippen molar-refractivity contribution in [2.75, 3.05) is 19.8 Å². The topological polar surface area (TPSA) is 72.7 Å². The molecule has 0 aliphatic carbocycles. The van der Waals surface area contributed by atoms with Crippen molar-refractivity contribution in [2.24, 2.45) is 0 Å². The molecule has 0 rings (SSSR count). The van der Waals surface area contributed by atoms with Gasteiger partial charge in [-0.25, -0.2) is 4.39 Å². The van der Waals surface area contributed by atoms with Crippen LogP contribution in [0.15, 0.2) is 0 Å². The predicted molar refractivity (Wildman–Crippen MR) is 111 cm³/mol. The maximum atomic E-state index is 14.1. The highest BCUT2D eigenvalue weighted by Crippen LogP contribution is 2.69. The van der Waals surface area contributed by atoms with Crippen molar-refractivity contribution in [1.82, 2.24) is 5.32 Å². The molecular weight excluding hydrogens is 827 g/mol. The molecule has 0 aromatic heterocycles. The number of rotatable bonds is 19. The first kappa shape index (κ1) is 49.9. The molecule has 0 spiro atoms. The molecule has 0 aromatic carbocycles. The summed E-state index contributed by atoms with van der Waals surface area (Å²) in [5.41, 5.74) is -9.25. The first-order valence-corrected chi connectivity index (χ1v) is 12.6. The van der Waals surface area contributed by atoms with Crippen LogP contribution in [0.4, 0.5) is 119 Å². The van der Waals surface area contributed by atoms with Gasteiger partial charge in [0.2, 0.25) is 0 Å². The second-order valence-corrected chi connectivity index (χ2v) is 10.5. The Bertz CT molecular complexity index is 1170. The van der Waals surface area contributed by atoms with Gasteiger partial charge in [0, 0.05) is 32.2 Å². The Morgan fingerprint density at radius 1 is 0.385 bits per heavy atom. The Labute approximate surface area is 268 Å². The summed E-state index contributed by atoms with van der Waals surface area (Å²) in [6.45, 7) is -3.15. The summed E-state index contributed by atoms with van der Waals surface area (Å²) in [5, 5.41) is 28.8. The molecule has 0 heterocycles. The van der Waals surface area contributed by atoms with Crippen LogP contribution in [0.1, 0.15) is 19.3 Å². The molecular formula is C21H18F27NO3. The van der Waals surface area contributed by atoms with Crippen LogP contribution in [0.3, 0.4) is 0 Å². The van der Waals surface area contributed by atoms with Gasteiger partial charge in [-0.1, -0.05) is 0 Å². The van der Waals surface area contributed by atoms with E-state index < -0.39 is 128 Å². The van der Waals surface area contributed by atoms with Crippen LogP contribution in [-0.4, -0.2) is 124 Å². The van der Waals surface area contributed by atoms with Gasteiger partial charge in [0.15, 0.2) is 0 Å². The number of hydrogen-bond acceptors (Lipinski definition) is 4. The Kier molecular flexibility index (Phi) is 13.7. The van der Waals surface area contributed by atoms with Crippen LogP contribution < -0.4 is 5.32 Å². The van der Waals surface area contributed by atoms with Crippen molar-refractivity contribution in [3.63, 3.8) is 0 Å². The standard InChI is InChI=1S/C21H18F27NO3/c22-9(23,5-8(52)6-49-7(1-3-50)2-4-51)11(25,26)13(29,30)15(33,34)17(37,38)19(41,42)18(39,40)16(35,36)14(31,32)12(27,28)10(24,20(43,44)45)21(46,47)48/h7-8,49-52H,1-6H2. The van der Waals surface area contributed by atoms with E-state index in [-0.39, 0.29) is 0 Å². The van der Waals surface area contributed by atoms with Crippen LogP contribution in [0, 0.1) is 0 Å². The molecule has 4 N–H and O–H groups in total. The third-order valence-corrected chi connectivity index (χ3v) is 6.92. The van der Waals surface area contributed by atoms with Gasteiger partial charge in [-0.15, -0.1) is 0 Å². The van der Waals surface area contributed by atoms with Crippen LogP contribution in [-0.2, 0) is 0 Å². The number of aliphatic hydroxyl groups excluding tert-OH is 3. The van der Waals surface area contributed by atoms with Crippen molar-refractivity contribution < 1.29 is 134 Å². The van der Waals surface area contributed by atoms with Gasteiger partial charge in [-0.05, 0) is 12.8 Å². The van der Waals surface area contributed by atoms with E-state index in [0.717, 1.165) is 0 Å². The van der Waals surface area contributed by atoms with Crippen LogP contribution in [0.5, 0.6) is 0 Å². The lowest BCUT2D eigenvalue weighted by Crippen LogP contribution is -2.79. The van der Waals surface area contributed by atoms with Gasteiger partial charge in [0.25, 0.3) is 0 Å². The summed E-state index contributed by atoms with van der Waals surface area (Å²) in [4.78, 5) is 0. The van der Waals surface area contributed by atoms with Crippen LogP contribution >= 0.6 is 0 Å². The monoisotopic (exact) mass is 845 g/mol. The van der Waals surface area contributed by atoms with Crippen molar-refractivity contribution in [2.45, 2.75) is 109 Å². The minimum Gasteiger partial charge on any atom is -0.396 e. The van der Waals surface area contributed by atoms with E-state index in [1.807, 2.05) is 5.32 Å². The fourth-order valence-corrected chi connectivity index (χ4v) is 3.80. The summed E-state index contributed by atoms with van der Waals surface area (Å²) in [6.07, 6.45) is -24.9. The Hall–Kier alpha value is -2.05. The van der Waals surface area contributed by atoms with Gasteiger partial charge in [-0.3, -0.25) is 0 Å². The summed E-state index contributed by atoms with van der Waals surface area (Å²) in [5.74, 6) is -92.7. The molecule has 4 nitrogen and oxygen atoms in total. The highest BCUT2D eigenvalue weighted by atomic mass is 19.4. The highest BCUT2D eigenvalue weighted by Gasteiger charge is 3.01. The molecule has 0 fully saturated rings. The van der Waals surface area contributed by atoms with Gasteiger partial charge in [0.1, 0.15) is 0 Å². The van der Waals surface area contributed by atoms with Crippen LogP contribution in [0.2, 0.25) is 0 Å². The molecule has 31 heteroatoms. The molecule has 0 radical (unpaired) electrons. The van der Waals surface area contributed by atoms with E-state index in [1.54, 1.807) is 0 Å². The van der Waals surface area contributed by atoms with E-state index in [1.165, 1.54) is 0 Å². The largest absolute Gasteiger partial charge is 0.438 e. The zero-order valence-electron chi connectivity index (χ0n) is 23.9. The summed E-state index contributed by atoms with van der Waals surface area (Å²) < 4.78 is 367. The van der Waals surface area contributed by atoms with Gasteiger partial charge < -0.3 is 20.6 Å². The Balaban J connectivity index is 7.18. The highest BCUT2D eigenvalue weighted by molar-refractivity contribution is 5.21. The zero-order valence-corrected chi connectivity index (χ0v) is 23.9. The van der Waals surface area contributed by atoms with Gasteiger partial charge in [-0.2, -0.15) is 114 Å². The molecule has 0 aliphatic heterocycles. The minimum atomic E-state index is -9.88. The number of aliphatic hydroxyl groups is 3. The lowest BCUT2D eigenvalue weighted by atomic mass is 9.81. The first-order valence-electron chi connectivity index (χ1n) is 12.6. The molecule has 0 bridgehead atoms. The van der Waals surface area contributed by atoms with Crippen LogP contribution in [0.25, 0.3) is 0 Å². The maximum Gasteiger partial charge on any atom is 0.438 e. The molecule has 0 aromatic rings. The van der Waals surface area contributed by atoms with Crippen molar-refractivity contribution in [1.29, 1.82) is 0 Å². The SMILES string of the molecule is OCCC(CCO)NCC(O)CC(F)(F)C(F)(F)C(F)(F)C(F)(F)C(F)(F)C(F)(F)C(F)(F)C(F)(F)C(F)(F)C(F)(F)C(F)(C(F)(F)F)C(F)(F)F. The molecule has 0 aliphatic rings. The molecule has 0 saturated heterocycles. The molecule has 1 unspecified atom stereocenters. The zero-order chi connectivity index (χ0) is 42.6. The second kappa shape index (κ2) is 14.2. The summed E-state index contributed by atoms with van der Waals surface area (Å²) >= 11 is 0. The average molecular weight is 845 g/mol. The third-order valence-electron chi connectivity index (χ3n) is 6.92. The number of halogens is 27. The fraction of sp³-hybridized carbons (Fsp3) is 1.00. The number of alkyl halides is 27. The van der Waals surface area contributed by atoms with E-state index in [0.29, 0.717) is 0 Å². The molecule has 0 amide bonds. The predicted octanol–water partition coefficient (Wildman–Crippen LogP) is 7.65. The Morgan fingerprint density at radius 3 is 0.885 bits per heavy atom. The maximum absolute atomic E-state index is 14.1. The first-order chi connectivity index (χ1) is 22.4.